The average Bonchev–Trinajstić information content (AvgIpc) is 1.66. The predicted molar refractivity (Wildman–Crippen MR) is 25.5 cm³/mol. The van der Waals surface area contributed by atoms with E-state index in [1.54, 1.807) is 6.92 Å². The molecule has 0 N–H and O–H groups in total. The third kappa shape index (κ3) is 6.03. The normalized spacial score (nSPS) is 8.12. The molecule has 0 aliphatic carbocycles. The molecule has 1 radical (unpaired) electrons. The predicted octanol–water partition coefficient (Wildman–Crippen LogP) is -0.235. The van der Waals surface area contributed by atoms with E-state index in [1.807, 2.05) is 0 Å². The van der Waals surface area contributed by atoms with Gasteiger partial charge in [-0.15, -0.1) is 0 Å². The summed E-state index contributed by atoms with van der Waals surface area (Å²) >= 11 is -1.73. The number of hydrogen-bond donors (Lipinski definition) is 0. The number of rotatable bonds is 4. The number of hydrogen-bond acceptors (Lipinski definition) is 4. The van der Waals surface area contributed by atoms with Crippen LogP contribution >= 0.6 is 0 Å². The summed E-state index contributed by atoms with van der Waals surface area (Å²) in [7, 11) is 0. The molecule has 0 saturated carbocycles. The molecule has 0 fully saturated rings. The van der Waals surface area contributed by atoms with Crippen LogP contribution in [0, 0.1) is 10.1 Å². The van der Waals surface area contributed by atoms with Crippen LogP contribution in [0.2, 0.25) is 0 Å². The Labute approximate surface area is 58.6 Å². The van der Waals surface area contributed by atoms with Crippen molar-refractivity contribution in [1.29, 1.82) is 0 Å². The van der Waals surface area contributed by atoms with Gasteiger partial charge in [-0.25, -0.2) is 0 Å². The Balaban J connectivity index is 2.82. The Morgan fingerprint density at radius 1 is 1.88 bits per heavy atom. The van der Waals surface area contributed by atoms with Crippen LogP contribution in [0.1, 0.15) is 6.92 Å². The van der Waals surface area contributed by atoms with E-state index in [2.05, 4.69) is 5.81 Å². The summed E-state index contributed by atoms with van der Waals surface area (Å²) in [5, 5.41) is 8.62. The van der Waals surface area contributed by atoms with Crippen LogP contribution in [-0.4, -0.2) is 35.5 Å². The van der Waals surface area contributed by atoms with Gasteiger partial charge in [-0.05, 0) is 0 Å². The zero-order valence-electron chi connectivity index (χ0n) is 4.36. The van der Waals surface area contributed by atoms with E-state index in [-0.39, 0.29) is 0 Å². The van der Waals surface area contributed by atoms with Crippen LogP contribution < -0.4 is 0 Å². The van der Waals surface area contributed by atoms with E-state index in [0.717, 1.165) is 0 Å². The van der Waals surface area contributed by atoms with Gasteiger partial charge in [0.25, 0.3) is 0 Å². The molecule has 0 aliphatic rings. The Kier molecular flexibility index (Phi) is 5.19. The molecule has 0 rings (SSSR count). The van der Waals surface area contributed by atoms with Crippen molar-refractivity contribution in [2.24, 2.45) is 0 Å². The minimum atomic E-state index is -1.73. The van der Waals surface area contributed by atoms with Gasteiger partial charge < -0.3 is 0 Å². The van der Waals surface area contributed by atoms with Crippen LogP contribution in [0.4, 0.5) is 0 Å². The van der Waals surface area contributed by atoms with E-state index in [1.165, 1.54) is 0 Å². The van der Waals surface area contributed by atoms with Crippen molar-refractivity contribution in [3.8, 4) is 0 Å². The monoisotopic (exact) mass is 222 g/mol. The summed E-state index contributed by atoms with van der Waals surface area (Å²) in [5.41, 5.74) is 0. The molecule has 45 valence electrons. The molecule has 0 aromatic rings. The van der Waals surface area contributed by atoms with E-state index in [0.29, 0.717) is 6.61 Å². The fourth-order valence-corrected chi connectivity index (χ4v) is 0.896. The van der Waals surface area contributed by atoms with Crippen LogP contribution in [0.15, 0.2) is 0 Å². The van der Waals surface area contributed by atoms with Crippen LogP contribution in [0.5, 0.6) is 0 Å². The Hall–Kier alpha value is 0.0301. The topological polar surface area (TPSA) is 61.6 Å². The molecule has 0 aliphatic heterocycles. The van der Waals surface area contributed by atoms with Gasteiger partial charge in [-0.2, -0.15) is 0 Å². The summed E-state index contributed by atoms with van der Waals surface area (Å²) in [6, 6.07) is 0. The SMILES string of the molecule is CC[O][In][O][N+](=O)[O-]. The summed E-state index contributed by atoms with van der Waals surface area (Å²) in [4.78, 5) is 9.42. The standard InChI is InChI=1S/C2H5O.In.NO3/c1-2-3;;2-1(3)4/h2H2,1H3;;/q-1;+2;-1. The van der Waals surface area contributed by atoms with Crippen LogP contribution in [-0.2, 0) is 5.81 Å². The second-order valence-electron chi connectivity index (χ2n) is 0.881. The van der Waals surface area contributed by atoms with Gasteiger partial charge in [0.15, 0.2) is 0 Å². The third-order valence-corrected chi connectivity index (χ3v) is 2.44. The molecule has 0 spiro atoms. The molecular formula is C2H5InNO4. The first kappa shape index (κ1) is 8.03. The second-order valence-corrected chi connectivity index (χ2v) is 2.98. The van der Waals surface area contributed by atoms with Crippen LogP contribution in [0.3, 0.4) is 0 Å². The zero-order valence-corrected chi connectivity index (χ0v) is 7.66. The molecule has 8 heavy (non-hydrogen) atoms. The molecule has 0 saturated heterocycles. The van der Waals surface area contributed by atoms with Gasteiger partial charge in [0.2, 0.25) is 0 Å². The molecule has 5 nitrogen and oxygen atoms in total. The van der Waals surface area contributed by atoms with Gasteiger partial charge in [0, 0.05) is 0 Å². The van der Waals surface area contributed by atoms with E-state index in [4.69, 9.17) is 0 Å². The van der Waals surface area contributed by atoms with E-state index in [9.17, 15) is 10.1 Å². The Morgan fingerprint density at radius 2 is 2.50 bits per heavy atom. The quantitative estimate of drug-likeness (QED) is 0.374. The second kappa shape index (κ2) is 5.17. The molecule has 0 aromatic carbocycles. The molecule has 0 aromatic heterocycles. The summed E-state index contributed by atoms with van der Waals surface area (Å²) in [6.45, 7) is 2.28. The van der Waals surface area contributed by atoms with Crippen molar-refractivity contribution < 1.29 is 10.9 Å². The first-order chi connectivity index (χ1) is 3.77. The average molecular weight is 222 g/mol. The molecule has 0 amide bonds. The zero-order chi connectivity index (χ0) is 6.41. The van der Waals surface area contributed by atoms with Gasteiger partial charge in [-0.3, -0.25) is 0 Å². The van der Waals surface area contributed by atoms with E-state index < -0.39 is 28.9 Å². The molecular weight excluding hydrogens is 217 g/mol. The summed E-state index contributed by atoms with van der Waals surface area (Å²) in [5.74, 6) is 0. The molecule has 6 heteroatoms. The molecule has 0 heterocycles. The van der Waals surface area contributed by atoms with Crippen molar-refractivity contribution in [1.82, 2.24) is 0 Å². The van der Waals surface area contributed by atoms with Crippen molar-refractivity contribution >= 4 is 23.8 Å². The first-order valence-electron chi connectivity index (χ1n) is 2.01. The molecule has 0 unspecified atom stereocenters. The van der Waals surface area contributed by atoms with Crippen molar-refractivity contribution in [3.63, 3.8) is 0 Å². The maximum absolute atomic E-state index is 9.42. The van der Waals surface area contributed by atoms with Gasteiger partial charge in [0.05, 0.1) is 0 Å². The van der Waals surface area contributed by atoms with Gasteiger partial charge >= 0.3 is 58.3 Å². The van der Waals surface area contributed by atoms with Crippen molar-refractivity contribution in [2.45, 2.75) is 6.92 Å². The van der Waals surface area contributed by atoms with E-state index >= 15 is 0 Å². The summed E-state index contributed by atoms with van der Waals surface area (Å²) in [6.07, 6.45) is 0. The van der Waals surface area contributed by atoms with Crippen LogP contribution in [0.25, 0.3) is 0 Å². The summed E-state index contributed by atoms with van der Waals surface area (Å²) < 4.78 is 8.64. The first-order valence-corrected chi connectivity index (χ1v) is 4.71. The fourth-order valence-electron chi connectivity index (χ4n) is 0.134. The van der Waals surface area contributed by atoms with Crippen molar-refractivity contribution in [2.75, 3.05) is 6.61 Å². The minimum absolute atomic E-state index is 0.509. The van der Waals surface area contributed by atoms with Gasteiger partial charge in [-0.1, -0.05) is 0 Å². The Bertz CT molecular complexity index is 76.4. The van der Waals surface area contributed by atoms with Gasteiger partial charge in [0.1, 0.15) is 0 Å². The Morgan fingerprint density at radius 3 is 2.88 bits per heavy atom. The number of nitrogens with zero attached hydrogens (tertiary/aromatic N) is 1. The molecule has 0 bridgehead atoms. The third-order valence-electron chi connectivity index (χ3n) is 0.364. The molecule has 0 atom stereocenters. The maximum atomic E-state index is 9.42. The van der Waals surface area contributed by atoms with Crippen molar-refractivity contribution in [3.05, 3.63) is 10.1 Å². The fraction of sp³-hybridized carbons (Fsp3) is 1.00.